The van der Waals surface area contributed by atoms with Gasteiger partial charge in [0.2, 0.25) is 0 Å². The first-order chi connectivity index (χ1) is 10.4. The monoisotopic (exact) mass is 288 g/mol. The van der Waals surface area contributed by atoms with Crippen LogP contribution in [0.15, 0.2) is 24.3 Å². The van der Waals surface area contributed by atoms with Gasteiger partial charge in [0.05, 0.1) is 0 Å². The molecule has 2 unspecified atom stereocenters. The lowest BCUT2D eigenvalue weighted by Gasteiger charge is -2.37. The summed E-state index contributed by atoms with van der Waals surface area (Å²) in [5.41, 5.74) is 1.38. The Balaban J connectivity index is 1.53. The molecule has 0 saturated carbocycles. The number of benzene rings is 1. The summed E-state index contributed by atoms with van der Waals surface area (Å²) in [6.45, 7) is 6.81. The average Bonchev–Trinajstić information content (AvgIpc) is 2.91. The van der Waals surface area contributed by atoms with E-state index in [9.17, 15) is 0 Å². The molecule has 116 valence electrons. The molecule has 0 aromatic heterocycles. The summed E-state index contributed by atoms with van der Waals surface area (Å²) in [5, 5.41) is 3.59. The fraction of sp³-hybridized carbons (Fsp3) is 0.667. The van der Waals surface area contributed by atoms with Crippen molar-refractivity contribution in [2.75, 3.05) is 26.2 Å². The van der Waals surface area contributed by atoms with E-state index in [4.69, 9.17) is 4.74 Å². The van der Waals surface area contributed by atoms with E-state index in [0.29, 0.717) is 12.1 Å². The molecule has 0 spiro atoms. The number of likely N-dealkylation sites (tertiary alicyclic amines) is 1. The highest BCUT2D eigenvalue weighted by Gasteiger charge is 2.29. The molecule has 1 aromatic carbocycles. The maximum atomic E-state index is 6.12. The van der Waals surface area contributed by atoms with Crippen LogP contribution in [-0.2, 0) is 6.42 Å². The molecule has 1 N–H and O–H groups in total. The van der Waals surface area contributed by atoms with Crippen LogP contribution in [0.5, 0.6) is 5.75 Å². The first kappa shape index (κ1) is 14.9. The Morgan fingerprint density at radius 1 is 1.29 bits per heavy atom. The van der Waals surface area contributed by atoms with Gasteiger partial charge in [-0.25, -0.2) is 0 Å². The first-order valence-corrected chi connectivity index (χ1v) is 8.56. The number of piperidine rings is 1. The molecule has 1 saturated heterocycles. The smallest absolute Gasteiger partial charge is 0.123 e. The number of hydrogen-bond donors (Lipinski definition) is 1. The molecule has 0 bridgehead atoms. The van der Waals surface area contributed by atoms with Gasteiger partial charge in [-0.05, 0) is 44.0 Å². The number of para-hydroxylation sites is 1. The molecule has 0 aliphatic carbocycles. The van der Waals surface area contributed by atoms with Crippen LogP contribution >= 0.6 is 0 Å². The highest BCUT2D eigenvalue weighted by molar-refractivity contribution is 5.37. The van der Waals surface area contributed by atoms with Crippen LogP contribution in [0.2, 0.25) is 0 Å². The van der Waals surface area contributed by atoms with Crippen molar-refractivity contribution in [1.29, 1.82) is 0 Å². The van der Waals surface area contributed by atoms with Crippen LogP contribution in [-0.4, -0.2) is 43.2 Å². The van der Waals surface area contributed by atoms with Gasteiger partial charge in [0, 0.05) is 25.6 Å². The van der Waals surface area contributed by atoms with Crippen LogP contribution in [0.4, 0.5) is 0 Å². The van der Waals surface area contributed by atoms with Crippen LogP contribution in [0.1, 0.15) is 38.2 Å². The summed E-state index contributed by atoms with van der Waals surface area (Å²) in [6.07, 6.45) is 6.67. The Labute approximate surface area is 128 Å². The average molecular weight is 288 g/mol. The van der Waals surface area contributed by atoms with Crippen molar-refractivity contribution >= 4 is 0 Å². The molecule has 2 aliphatic heterocycles. The number of fused-ring (bicyclic) bond motifs is 1. The topological polar surface area (TPSA) is 24.5 Å². The highest BCUT2D eigenvalue weighted by atomic mass is 16.5. The fourth-order valence-electron chi connectivity index (χ4n) is 3.59. The second kappa shape index (κ2) is 7.28. The molecular formula is C18H28N2O. The predicted octanol–water partition coefficient (Wildman–Crippen LogP) is 2.84. The van der Waals surface area contributed by atoms with E-state index in [1.165, 1.54) is 37.8 Å². The van der Waals surface area contributed by atoms with E-state index in [1.54, 1.807) is 0 Å². The normalized spacial score (nSPS) is 25.6. The van der Waals surface area contributed by atoms with Gasteiger partial charge in [0.15, 0.2) is 0 Å². The summed E-state index contributed by atoms with van der Waals surface area (Å²) >= 11 is 0. The fourth-order valence-corrected chi connectivity index (χ4v) is 3.59. The molecule has 0 radical (unpaired) electrons. The lowest BCUT2D eigenvalue weighted by atomic mass is 10.0. The van der Waals surface area contributed by atoms with Crippen LogP contribution in [0, 0.1) is 0 Å². The molecule has 21 heavy (non-hydrogen) atoms. The van der Waals surface area contributed by atoms with E-state index in [1.807, 2.05) is 0 Å². The molecule has 3 rings (SSSR count). The van der Waals surface area contributed by atoms with Gasteiger partial charge in [0.1, 0.15) is 11.9 Å². The van der Waals surface area contributed by atoms with Crippen molar-refractivity contribution in [3.05, 3.63) is 29.8 Å². The van der Waals surface area contributed by atoms with Gasteiger partial charge in [-0.2, -0.15) is 0 Å². The van der Waals surface area contributed by atoms with Crippen molar-refractivity contribution in [2.45, 2.75) is 51.2 Å². The van der Waals surface area contributed by atoms with Crippen LogP contribution in [0.25, 0.3) is 0 Å². The summed E-state index contributed by atoms with van der Waals surface area (Å²) in [5.74, 6) is 1.10. The van der Waals surface area contributed by atoms with Gasteiger partial charge in [-0.15, -0.1) is 0 Å². The zero-order valence-electron chi connectivity index (χ0n) is 13.2. The van der Waals surface area contributed by atoms with Crippen molar-refractivity contribution in [3.8, 4) is 5.75 Å². The van der Waals surface area contributed by atoms with Gasteiger partial charge in [-0.1, -0.05) is 31.5 Å². The van der Waals surface area contributed by atoms with E-state index in [-0.39, 0.29) is 0 Å². The quantitative estimate of drug-likeness (QED) is 0.815. The standard InChI is InChI=1S/C18H28N2O/c1-2-10-19-13-16-8-5-6-11-20(16)14-17-12-15-7-3-4-9-18(15)21-17/h3-4,7,9,16-17,19H,2,5-6,8,10-14H2,1H3. The third-order valence-corrected chi connectivity index (χ3v) is 4.71. The SMILES string of the molecule is CCCNCC1CCCCN1CC1Cc2ccccc2O1. The van der Waals surface area contributed by atoms with Crippen molar-refractivity contribution in [2.24, 2.45) is 0 Å². The van der Waals surface area contributed by atoms with Gasteiger partial charge in [0.25, 0.3) is 0 Å². The summed E-state index contributed by atoms with van der Waals surface area (Å²) in [6, 6.07) is 9.18. The molecule has 0 amide bonds. The second-order valence-corrected chi connectivity index (χ2v) is 6.40. The van der Waals surface area contributed by atoms with Crippen LogP contribution in [0.3, 0.4) is 0 Å². The largest absolute Gasteiger partial charge is 0.488 e. The van der Waals surface area contributed by atoms with Gasteiger partial charge in [-0.3, -0.25) is 4.90 Å². The van der Waals surface area contributed by atoms with Crippen molar-refractivity contribution in [3.63, 3.8) is 0 Å². The summed E-state index contributed by atoms with van der Waals surface area (Å²) < 4.78 is 6.12. The first-order valence-electron chi connectivity index (χ1n) is 8.56. The zero-order chi connectivity index (χ0) is 14.5. The third kappa shape index (κ3) is 3.78. The van der Waals surface area contributed by atoms with Gasteiger partial charge >= 0.3 is 0 Å². The summed E-state index contributed by atoms with van der Waals surface area (Å²) in [7, 11) is 0. The zero-order valence-corrected chi connectivity index (χ0v) is 13.2. The number of nitrogens with one attached hydrogen (secondary N) is 1. The lowest BCUT2D eigenvalue weighted by molar-refractivity contribution is 0.0895. The minimum atomic E-state index is 0.342. The number of ether oxygens (including phenoxy) is 1. The molecule has 3 nitrogen and oxygen atoms in total. The van der Waals surface area contributed by atoms with Crippen molar-refractivity contribution < 1.29 is 4.74 Å². The molecule has 3 heteroatoms. The van der Waals surface area contributed by atoms with Crippen LogP contribution < -0.4 is 10.1 Å². The maximum absolute atomic E-state index is 6.12. The molecule has 2 aliphatic rings. The molecule has 2 heterocycles. The summed E-state index contributed by atoms with van der Waals surface area (Å²) in [4.78, 5) is 2.66. The second-order valence-electron chi connectivity index (χ2n) is 6.40. The van der Waals surface area contributed by atoms with Crippen molar-refractivity contribution in [1.82, 2.24) is 10.2 Å². The minimum absolute atomic E-state index is 0.342. The predicted molar refractivity (Wildman–Crippen MR) is 86.9 cm³/mol. The Morgan fingerprint density at radius 2 is 2.19 bits per heavy atom. The molecule has 1 aromatic rings. The number of nitrogens with zero attached hydrogens (tertiary/aromatic N) is 1. The van der Waals surface area contributed by atoms with Gasteiger partial charge < -0.3 is 10.1 Å². The lowest BCUT2D eigenvalue weighted by Crippen LogP contribution is -2.49. The Morgan fingerprint density at radius 3 is 3.05 bits per heavy atom. The van der Waals surface area contributed by atoms with E-state index in [2.05, 4.69) is 41.4 Å². The number of rotatable bonds is 6. The van der Waals surface area contributed by atoms with E-state index < -0.39 is 0 Å². The minimum Gasteiger partial charge on any atom is -0.488 e. The maximum Gasteiger partial charge on any atom is 0.123 e. The third-order valence-electron chi connectivity index (χ3n) is 4.71. The Bertz CT molecular complexity index is 424. The van der Waals surface area contributed by atoms with E-state index >= 15 is 0 Å². The Kier molecular flexibility index (Phi) is 5.15. The number of hydrogen-bond acceptors (Lipinski definition) is 3. The molecule has 1 fully saturated rings. The highest BCUT2D eigenvalue weighted by Crippen LogP contribution is 2.29. The molecular weight excluding hydrogens is 260 g/mol. The Hall–Kier alpha value is -1.06. The van der Waals surface area contributed by atoms with E-state index in [0.717, 1.165) is 31.8 Å². The molecule has 2 atom stereocenters.